The Morgan fingerprint density at radius 3 is 2.59 bits per heavy atom. The highest BCUT2D eigenvalue weighted by atomic mass is 19.1. The molecule has 0 atom stereocenters. The number of fused-ring (bicyclic) bond motifs is 1. The van der Waals surface area contributed by atoms with Crippen molar-refractivity contribution in [3.05, 3.63) is 64.8 Å². The Labute approximate surface area is 155 Å². The molecule has 7 heteroatoms. The highest BCUT2D eigenvalue weighted by Gasteiger charge is 2.25. The van der Waals surface area contributed by atoms with Crippen LogP contribution >= 0.6 is 0 Å². The summed E-state index contributed by atoms with van der Waals surface area (Å²) in [6, 6.07) is 11.0. The van der Waals surface area contributed by atoms with Gasteiger partial charge in [-0.05, 0) is 23.8 Å². The third-order valence-corrected chi connectivity index (χ3v) is 4.90. The van der Waals surface area contributed by atoms with Crippen molar-refractivity contribution in [2.75, 3.05) is 32.8 Å². The van der Waals surface area contributed by atoms with Crippen molar-refractivity contribution in [2.24, 2.45) is 0 Å². The molecule has 0 saturated carbocycles. The molecule has 0 spiro atoms. The molecule has 0 unspecified atom stereocenters. The Bertz CT molecular complexity index is 1010. The lowest BCUT2D eigenvalue weighted by molar-refractivity contribution is -0.680. The summed E-state index contributed by atoms with van der Waals surface area (Å²) in [5.41, 5.74) is 0.925. The van der Waals surface area contributed by atoms with Crippen LogP contribution in [0.15, 0.2) is 53.5 Å². The van der Waals surface area contributed by atoms with Crippen LogP contribution in [0.4, 0.5) is 4.39 Å². The molecule has 2 aromatic heterocycles. The molecule has 3 aromatic rings. The van der Waals surface area contributed by atoms with Crippen molar-refractivity contribution in [1.29, 1.82) is 0 Å². The van der Waals surface area contributed by atoms with Crippen LogP contribution in [0.25, 0.3) is 16.8 Å². The van der Waals surface area contributed by atoms with Crippen LogP contribution in [-0.2, 0) is 11.3 Å². The molecule has 27 heavy (non-hydrogen) atoms. The monoisotopic (exact) mass is 370 g/mol. The minimum atomic E-state index is -0.390. The van der Waals surface area contributed by atoms with Gasteiger partial charge in [0.05, 0.1) is 19.4 Å². The molecule has 0 amide bonds. The molecular weight excluding hydrogens is 349 g/mol. The van der Waals surface area contributed by atoms with Gasteiger partial charge in [0.2, 0.25) is 0 Å². The number of rotatable bonds is 4. The van der Waals surface area contributed by atoms with Gasteiger partial charge in [-0.1, -0.05) is 18.2 Å². The number of benzene rings is 1. The van der Waals surface area contributed by atoms with E-state index in [-0.39, 0.29) is 22.8 Å². The van der Waals surface area contributed by atoms with E-state index in [2.05, 4.69) is 4.90 Å². The van der Waals surface area contributed by atoms with Crippen molar-refractivity contribution in [1.82, 2.24) is 9.30 Å². The highest BCUT2D eigenvalue weighted by Crippen LogP contribution is 2.23. The first-order valence-electron chi connectivity index (χ1n) is 8.97. The number of morpholine rings is 1. The van der Waals surface area contributed by atoms with E-state index in [1.54, 1.807) is 22.9 Å². The minimum absolute atomic E-state index is 0.105. The summed E-state index contributed by atoms with van der Waals surface area (Å²) in [7, 11) is 0. The molecular formula is C20H21FN3O3+. The molecule has 6 nitrogen and oxygen atoms in total. The summed E-state index contributed by atoms with van der Waals surface area (Å²) in [6.07, 6.45) is 1.68. The lowest BCUT2D eigenvalue weighted by Gasteiger charge is -2.26. The number of hydrogen-bond acceptors (Lipinski definition) is 4. The van der Waals surface area contributed by atoms with Gasteiger partial charge in [-0.15, -0.1) is 0 Å². The van der Waals surface area contributed by atoms with Crippen LogP contribution in [0.3, 0.4) is 0 Å². The first-order valence-corrected chi connectivity index (χ1v) is 8.97. The van der Waals surface area contributed by atoms with E-state index in [4.69, 9.17) is 4.74 Å². The zero-order valence-electron chi connectivity index (χ0n) is 14.8. The smallest absolute Gasteiger partial charge is 0.354 e. The molecule has 1 aliphatic heterocycles. The highest BCUT2D eigenvalue weighted by molar-refractivity contribution is 5.67. The normalized spacial score (nSPS) is 15.3. The average Bonchev–Trinajstić information content (AvgIpc) is 2.70. The van der Waals surface area contributed by atoms with Crippen molar-refractivity contribution in [3.63, 3.8) is 0 Å². The lowest BCUT2D eigenvalue weighted by atomic mass is 10.1. The molecule has 1 N–H and O–H groups in total. The molecule has 1 fully saturated rings. The van der Waals surface area contributed by atoms with Gasteiger partial charge in [-0.3, -0.25) is 4.90 Å². The predicted molar refractivity (Wildman–Crippen MR) is 98.2 cm³/mol. The summed E-state index contributed by atoms with van der Waals surface area (Å²) in [5, 5.41) is 10.9. The number of pyridine rings is 1. The summed E-state index contributed by atoms with van der Waals surface area (Å²) in [4.78, 5) is 15.2. The Morgan fingerprint density at radius 1 is 1.11 bits per heavy atom. The Kier molecular flexibility index (Phi) is 4.87. The van der Waals surface area contributed by atoms with Crippen molar-refractivity contribution < 1.29 is 18.8 Å². The van der Waals surface area contributed by atoms with Gasteiger partial charge in [-0.2, -0.15) is 8.97 Å². The zero-order valence-corrected chi connectivity index (χ0v) is 14.8. The van der Waals surface area contributed by atoms with E-state index >= 15 is 0 Å². The standard InChI is InChI=1S/C20H20FN3O3/c21-16-6-4-15(5-7-16)18-19(25)23-8-2-1-3-17(23)24(20(18)26)10-9-22-11-13-27-14-12-22/h1-8H,9-14H2/p+1. The topological polar surface area (TPSA) is 58.1 Å². The number of aromatic nitrogens is 2. The third-order valence-electron chi connectivity index (χ3n) is 4.90. The van der Waals surface area contributed by atoms with Gasteiger partial charge in [0, 0.05) is 25.7 Å². The van der Waals surface area contributed by atoms with Crippen LogP contribution in [0.2, 0.25) is 0 Å². The number of ether oxygens (including phenoxy) is 1. The molecule has 3 heterocycles. The summed E-state index contributed by atoms with van der Waals surface area (Å²) in [6.45, 7) is 4.34. The molecule has 0 aliphatic carbocycles. The van der Waals surface area contributed by atoms with Gasteiger partial charge < -0.3 is 9.84 Å². The van der Waals surface area contributed by atoms with Gasteiger partial charge in [0.15, 0.2) is 5.56 Å². The van der Waals surface area contributed by atoms with E-state index in [0.29, 0.717) is 31.0 Å². The second kappa shape index (κ2) is 7.46. The van der Waals surface area contributed by atoms with E-state index in [9.17, 15) is 14.3 Å². The SMILES string of the molecule is O=c1c(-c2ccc(F)cc2)c(O)[n+](CCN2CCOCC2)c2ccccn12. The maximum absolute atomic E-state index is 13.3. The largest absolute Gasteiger partial charge is 0.477 e. The Hall–Kier alpha value is -2.77. The van der Waals surface area contributed by atoms with Gasteiger partial charge in [-0.25, -0.2) is 9.18 Å². The molecule has 0 bridgehead atoms. The third kappa shape index (κ3) is 3.43. The maximum atomic E-state index is 13.3. The molecule has 1 saturated heterocycles. The van der Waals surface area contributed by atoms with Crippen molar-refractivity contribution >= 4 is 5.65 Å². The van der Waals surface area contributed by atoms with Crippen LogP contribution < -0.4 is 10.1 Å². The lowest BCUT2D eigenvalue weighted by Crippen LogP contribution is -2.47. The van der Waals surface area contributed by atoms with Crippen LogP contribution in [0.5, 0.6) is 5.88 Å². The second-order valence-electron chi connectivity index (χ2n) is 6.55. The average molecular weight is 370 g/mol. The number of hydrogen-bond donors (Lipinski definition) is 1. The van der Waals surface area contributed by atoms with Gasteiger partial charge in [0.1, 0.15) is 12.4 Å². The second-order valence-corrected chi connectivity index (χ2v) is 6.55. The number of halogens is 1. The zero-order chi connectivity index (χ0) is 18.8. The Morgan fingerprint density at radius 2 is 1.85 bits per heavy atom. The molecule has 140 valence electrons. The van der Waals surface area contributed by atoms with E-state index < -0.39 is 0 Å². The van der Waals surface area contributed by atoms with E-state index in [1.165, 1.54) is 28.7 Å². The summed E-state index contributed by atoms with van der Waals surface area (Å²) in [5.74, 6) is -0.495. The van der Waals surface area contributed by atoms with Crippen LogP contribution in [0, 0.1) is 5.82 Å². The van der Waals surface area contributed by atoms with E-state index in [1.807, 2.05) is 6.07 Å². The van der Waals surface area contributed by atoms with Gasteiger partial charge in [0.25, 0.3) is 11.5 Å². The summed E-state index contributed by atoms with van der Waals surface area (Å²) < 4.78 is 21.9. The number of aromatic hydroxyl groups is 1. The quantitative estimate of drug-likeness (QED) is 0.706. The van der Waals surface area contributed by atoms with Crippen LogP contribution in [-0.4, -0.2) is 47.3 Å². The Balaban J connectivity index is 1.81. The fourth-order valence-electron chi connectivity index (χ4n) is 3.44. The van der Waals surface area contributed by atoms with Crippen LogP contribution in [0.1, 0.15) is 0 Å². The first-order chi connectivity index (χ1) is 13.1. The van der Waals surface area contributed by atoms with Gasteiger partial charge >= 0.3 is 5.56 Å². The number of nitrogens with zero attached hydrogens (tertiary/aromatic N) is 3. The van der Waals surface area contributed by atoms with Crippen molar-refractivity contribution in [2.45, 2.75) is 6.54 Å². The molecule has 0 radical (unpaired) electrons. The first kappa shape index (κ1) is 17.6. The fraction of sp³-hybridized carbons (Fsp3) is 0.300. The van der Waals surface area contributed by atoms with E-state index in [0.717, 1.165) is 19.6 Å². The van der Waals surface area contributed by atoms with Crippen molar-refractivity contribution in [3.8, 4) is 17.0 Å². The fourth-order valence-corrected chi connectivity index (χ4v) is 3.44. The summed E-state index contributed by atoms with van der Waals surface area (Å²) >= 11 is 0. The molecule has 4 rings (SSSR count). The predicted octanol–water partition coefficient (Wildman–Crippen LogP) is 1.43. The minimum Gasteiger partial charge on any atom is -0.477 e. The molecule has 1 aromatic carbocycles. The maximum Gasteiger partial charge on any atom is 0.354 e. The molecule has 1 aliphatic rings.